The Balaban J connectivity index is 1.57. The number of carbonyl (C=O) groups excluding carboxylic acids is 2. The number of hydrogen-bond acceptors (Lipinski definition) is 7. The second kappa shape index (κ2) is 9.29. The van der Waals surface area contributed by atoms with E-state index < -0.39 is 10.8 Å². The number of carbonyl (C=O) groups is 2. The molecule has 1 saturated heterocycles. The van der Waals surface area contributed by atoms with Crippen LogP contribution in [0.2, 0.25) is 0 Å². The van der Waals surface area contributed by atoms with Crippen molar-refractivity contribution in [2.75, 3.05) is 44.3 Å². The first-order valence-electron chi connectivity index (χ1n) is 8.77. The number of nitrogens with zero attached hydrogens (tertiary/aromatic N) is 2. The Morgan fingerprint density at radius 1 is 1.14 bits per heavy atom. The van der Waals surface area contributed by atoms with Gasteiger partial charge in [0.25, 0.3) is 17.5 Å². The van der Waals surface area contributed by atoms with E-state index in [4.69, 9.17) is 4.74 Å². The molecule has 28 heavy (non-hydrogen) atoms. The van der Waals surface area contributed by atoms with Gasteiger partial charge in [0.15, 0.2) is 0 Å². The summed E-state index contributed by atoms with van der Waals surface area (Å²) < 4.78 is 5.27. The first-order valence-corrected chi connectivity index (χ1v) is 9.65. The molecule has 0 aliphatic carbocycles. The Bertz CT molecular complexity index is 850. The molecule has 0 saturated carbocycles. The van der Waals surface area contributed by atoms with E-state index in [1.807, 2.05) is 10.3 Å². The largest absolute Gasteiger partial charge is 0.378 e. The Labute approximate surface area is 165 Å². The summed E-state index contributed by atoms with van der Waals surface area (Å²) >= 11 is 1.33. The van der Waals surface area contributed by atoms with Gasteiger partial charge >= 0.3 is 0 Å². The number of nitro groups is 1. The van der Waals surface area contributed by atoms with Crippen molar-refractivity contribution in [3.8, 4) is 0 Å². The highest BCUT2D eigenvalue weighted by Gasteiger charge is 2.23. The molecule has 2 amide bonds. The summed E-state index contributed by atoms with van der Waals surface area (Å²) in [6.07, 6.45) is 0. The summed E-state index contributed by atoms with van der Waals surface area (Å²) in [5.41, 5.74) is 0.571. The number of amides is 2. The van der Waals surface area contributed by atoms with Crippen LogP contribution in [0.4, 0.5) is 11.4 Å². The Kier molecular flexibility index (Phi) is 6.56. The van der Waals surface area contributed by atoms with Gasteiger partial charge in [0.2, 0.25) is 0 Å². The van der Waals surface area contributed by atoms with Crippen molar-refractivity contribution in [2.45, 2.75) is 0 Å². The zero-order valence-electron chi connectivity index (χ0n) is 15.1. The van der Waals surface area contributed by atoms with Crippen LogP contribution in [0.1, 0.15) is 20.0 Å². The molecule has 10 heteroatoms. The summed E-state index contributed by atoms with van der Waals surface area (Å²) in [6.45, 7) is 2.63. The fraction of sp³-hybridized carbons (Fsp3) is 0.333. The lowest BCUT2D eigenvalue weighted by atomic mass is 10.1. The molecule has 9 nitrogen and oxygen atoms in total. The molecule has 2 heterocycles. The number of ether oxygens (including phenoxy) is 1. The normalized spacial score (nSPS) is 13.8. The van der Waals surface area contributed by atoms with Crippen molar-refractivity contribution in [1.82, 2.24) is 10.6 Å². The Hall–Kier alpha value is -2.98. The number of rotatable bonds is 7. The molecule has 1 aliphatic rings. The van der Waals surface area contributed by atoms with Crippen LogP contribution < -0.4 is 15.5 Å². The third-order valence-electron chi connectivity index (χ3n) is 4.23. The summed E-state index contributed by atoms with van der Waals surface area (Å²) in [5.74, 6) is -0.628. The Morgan fingerprint density at radius 3 is 2.50 bits per heavy atom. The Morgan fingerprint density at radius 2 is 1.86 bits per heavy atom. The average molecular weight is 404 g/mol. The minimum absolute atomic E-state index is 0.111. The van der Waals surface area contributed by atoms with Crippen LogP contribution in [0.25, 0.3) is 0 Å². The van der Waals surface area contributed by atoms with E-state index >= 15 is 0 Å². The fourth-order valence-electron chi connectivity index (χ4n) is 2.83. The number of nitro benzene ring substituents is 1. The topological polar surface area (TPSA) is 114 Å². The van der Waals surface area contributed by atoms with Gasteiger partial charge in [0.05, 0.1) is 23.0 Å². The van der Waals surface area contributed by atoms with E-state index in [1.165, 1.54) is 17.4 Å². The second-order valence-electron chi connectivity index (χ2n) is 6.05. The standard InChI is InChI=1S/C18H20N4O5S/c23-17(19-5-6-20-18(24)16-2-1-11-28-16)13-3-4-14(15(12-13)22(25)26)21-7-9-27-10-8-21/h1-4,11-12H,5-10H2,(H,19,23)(H,20,24). The predicted octanol–water partition coefficient (Wildman–Crippen LogP) is 1.65. The summed E-state index contributed by atoms with van der Waals surface area (Å²) in [7, 11) is 0. The second-order valence-corrected chi connectivity index (χ2v) is 7.00. The molecule has 3 rings (SSSR count). The molecule has 2 N–H and O–H groups in total. The first-order chi connectivity index (χ1) is 13.6. The minimum Gasteiger partial charge on any atom is -0.378 e. The molecular formula is C18H20N4O5S. The molecule has 1 aromatic carbocycles. The quantitative estimate of drug-likeness (QED) is 0.412. The first kappa shape index (κ1) is 19.8. The van der Waals surface area contributed by atoms with Crippen LogP contribution >= 0.6 is 11.3 Å². The number of benzene rings is 1. The van der Waals surface area contributed by atoms with Crippen LogP contribution in [0, 0.1) is 10.1 Å². The van der Waals surface area contributed by atoms with Crippen LogP contribution in [0.3, 0.4) is 0 Å². The number of morpholine rings is 1. The van der Waals surface area contributed by atoms with Crippen molar-refractivity contribution < 1.29 is 19.2 Å². The molecule has 1 fully saturated rings. The summed E-state index contributed by atoms with van der Waals surface area (Å²) in [5, 5.41) is 18.6. The number of nitrogens with one attached hydrogen (secondary N) is 2. The maximum absolute atomic E-state index is 12.3. The molecule has 0 atom stereocenters. The lowest BCUT2D eigenvalue weighted by Crippen LogP contribution is -2.36. The van der Waals surface area contributed by atoms with Crippen molar-refractivity contribution >= 4 is 34.5 Å². The van der Waals surface area contributed by atoms with Crippen molar-refractivity contribution in [1.29, 1.82) is 0 Å². The molecule has 1 aromatic heterocycles. The number of hydrogen-bond donors (Lipinski definition) is 2. The van der Waals surface area contributed by atoms with Gasteiger partial charge in [-0.2, -0.15) is 0 Å². The average Bonchev–Trinajstić information content (AvgIpc) is 3.26. The number of anilines is 1. The fourth-order valence-corrected chi connectivity index (χ4v) is 3.47. The maximum Gasteiger partial charge on any atom is 0.293 e. The lowest BCUT2D eigenvalue weighted by Gasteiger charge is -2.28. The van der Waals surface area contributed by atoms with Crippen molar-refractivity contribution in [3.63, 3.8) is 0 Å². The van der Waals surface area contributed by atoms with Crippen molar-refractivity contribution in [2.24, 2.45) is 0 Å². The molecular weight excluding hydrogens is 384 g/mol. The van der Waals surface area contributed by atoms with E-state index in [-0.39, 0.29) is 30.2 Å². The van der Waals surface area contributed by atoms with Crippen molar-refractivity contribution in [3.05, 3.63) is 56.3 Å². The van der Waals surface area contributed by atoms with E-state index in [0.717, 1.165) is 0 Å². The highest BCUT2D eigenvalue weighted by molar-refractivity contribution is 7.12. The summed E-state index contributed by atoms with van der Waals surface area (Å²) in [6, 6.07) is 7.95. The SMILES string of the molecule is O=C(NCCNC(=O)c1cccs1)c1ccc(N2CCOCC2)c([N+](=O)[O-])c1. The smallest absolute Gasteiger partial charge is 0.293 e. The third-order valence-corrected chi connectivity index (χ3v) is 5.10. The van der Waals surface area contributed by atoms with Gasteiger partial charge in [-0.05, 0) is 23.6 Å². The predicted molar refractivity (Wildman–Crippen MR) is 105 cm³/mol. The molecule has 0 unspecified atom stereocenters. The lowest BCUT2D eigenvalue weighted by molar-refractivity contribution is -0.384. The third kappa shape index (κ3) is 4.84. The molecule has 148 valence electrons. The van der Waals surface area contributed by atoms with Gasteiger partial charge in [-0.25, -0.2) is 0 Å². The monoisotopic (exact) mass is 404 g/mol. The van der Waals surface area contributed by atoms with Gasteiger partial charge in [0.1, 0.15) is 5.69 Å². The highest BCUT2D eigenvalue weighted by Crippen LogP contribution is 2.29. The molecule has 0 spiro atoms. The van der Waals surface area contributed by atoms with Gasteiger partial charge in [-0.1, -0.05) is 6.07 Å². The van der Waals surface area contributed by atoms with Gasteiger partial charge in [-0.15, -0.1) is 11.3 Å². The molecule has 0 radical (unpaired) electrons. The van der Waals surface area contributed by atoms with Crippen LogP contribution in [-0.2, 0) is 4.74 Å². The van der Waals surface area contributed by atoms with Gasteiger partial charge < -0.3 is 20.3 Å². The van der Waals surface area contributed by atoms with E-state index in [0.29, 0.717) is 36.9 Å². The van der Waals surface area contributed by atoms with Crippen LogP contribution in [-0.4, -0.2) is 56.1 Å². The highest BCUT2D eigenvalue weighted by atomic mass is 32.1. The van der Waals surface area contributed by atoms with Gasteiger partial charge in [0, 0.05) is 37.8 Å². The molecule has 0 bridgehead atoms. The van der Waals surface area contributed by atoms with E-state index in [2.05, 4.69) is 10.6 Å². The maximum atomic E-state index is 12.3. The summed E-state index contributed by atoms with van der Waals surface area (Å²) in [4.78, 5) is 37.6. The van der Waals surface area contributed by atoms with Gasteiger partial charge in [-0.3, -0.25) is 19.7 Å². The number of thiophene rings is 1. The zero-order valence-corrected chi connectivity index (χ0v) is 15.9. The van der Waals surface area contributed by atoms with Crippen LogP contribution in [0.5, 0.6) is 0 Å². The minimum atomic E-state index is -0.483. The zero-order chi connectivity index (χ0) is 19.9. The molecule has 1 aliphatic heterocycles. The van der Waals surface area contributed by atoms with E-state index in [1.54, 1.807) is 24.3 Å². The van der Waals surface area contributed by atoms with E-state index in [9.17, 15) is 19.7 Å². The van der Waals surface area contributed by atoms with Crippen LogP contribution in [0.15, 0.2) is 35.7 Å². The molecule has 2 aromatic rings.